The molecule has 108 valence electrons. The van der Waals surface area contributed by atoms with Crippen LogP contribution in [0.4, 0.5) is 0 Å². The van der Waals surface area contributed by atoms with Crippen LogP contribution in [0.25, 0.3) is 10.2 Å². The molecular weight excluding hydrogens is 308 g/mol. The number of para-hydroxylation sites is 1. The van der Waals surface area contributed by atoms with Crippen molar-refractivity contribution in [2.45, 2.75) is 6.92 Å². The topological polar surface area (TPSA) is 44.2 Å². The van der Waals surface area contributed by atoms with Crippen LogP contribution < -0.4 is 9.47 Å². The van der Waals surface area contributed by atoms with Crippen LogP contribution in [0.1, 0.15) is 4.88 Å². The smallest absolute Gasteiger partial charge is 0.227 e. The van der Waals surface area contributed by atoms with Gasteiger partial charge in [0.25, 0.3) is 0 Å². The number of benzene rings is 1. The van der Waals surface area contributed by atoms with Gasteiger partial charge in [0, 0.05) is 4.88 Å². The summed E-state index contributed by atoms with van der Waals surface area (Å²) >= 11 is 7.48. The van der Waals surface area contributed by atoms with E-state index in [1.165, 1.54) is 0 Å². The van der Waals surface area contributed by atoms with Gasteiger partial charge in [-0.1, -0.05) is 18.2 Å². The molecule has 0 spiro atoms. The fraction of sp³-hybridized carbons (Fsp3) is 0.200. The molecule has 0 radical (unpaired) electrons. The summed E-state index contributed by atoms with van der Waals surface area (Å²) < 4.78 is 11.3. The normalized spacial score (nSPS) is 10.8. The van der Waals surface area contributed by atoms with Crippen molar-refractivity contribution in [3.63, 3.8) is 0 Å². The Morgan fingerprint density at radius 3 is 2.67 bits per heavy atom. The van der Waals surface area contributed by atoms with E-state index in [1.807, 2.05) is 43.3 Å². The van der Waals surface area contributed by atoms with Gasteiger partial charge in [-0.3, -0.25) is 0 Å². The highest BCUT2D eigenvalue weighted by molar-refractivity contribution is 7.18. The minimum Gasteiger partial charge on any atom is -0.490 e. The first-order chi connectivity index (χ1) is 10.2. The summed E-state index contributed by atoms with van der Waals surface area (Å²) in [5.41, 5.74) is 0. The van der Waals surface area contributed by atoms with E-state index in [0.29, 0.717) is 19.1 Å². The van der Waals surface area contributed by atoms with Crippen molar-refractivity contribution in [2.75, 3.05) is 13.2 Å². The minimum atomic E-state index is 0.198. The lowest BCUT2D eigenvalue weighted by Crippen LogP contribution is -2.10. The SMILES string of the molecule is Cc1cc2c(OCCOc3ccccc3)nc(Cl)nc2s1. The molecule has 0 aliphatic carbocycles. The highest BCUT2D eigenvalue weighted by atomic mass is 35.5. The van der Waals surface area contributed by atoms with Gasteiger partial charge in [-0.05, 0) is 36.7 Å². The molecule has 1 aromatic carbocycles. The van der Waals surface area contributed by atoms with Gasteiger partial charge in [0.1, 0.15) is 23.8 Å². The molecule has 0 amide bonds. The average Bonchev–Trinajstić information content (AvgIpc) is 2.84. The largest absolute Gasteiger partial charge is 0.490 e. The van der Waals surface area contributed by atoms with E-state index >= 15 is 0 Å². The second kappa shape index (κ2) is 6.28. The van der Waals surface area contributed by atoms with Crippen molar-refractivity contribution < 1.29 is 9.47 Å². The lowest BCUT2D eigenvalue weighted by Gasteiger charge is -2.08. The zero-order chi connectivity index (χ0) is 14.7. The van der Waals surface area contributed by atoms with E-state index in [9.17, 15) is 0 Å². The van der Waals surface area contributed by atoms with E-state index in [2.05, 4.69) is 9.97 Å². The maximum Gasteiger partial charge on any atom is 0.227 e. The number of hydrogen-bond donors (Lipinski definition) is 0. The van der Waals surface area contributed by atoms with Crippen molar-refractivity contribution >= 4 is 33.2 Å². The third-order valence-corrected chi connectivity index (χ3v) is 3.90. The van der Waals surface area contributed by atoms with Crippen LogP contribution in [0, 0.1) is 6.92 Å². The molecule has 0 bridgehead atoms. The molecule has 3 rings (SSSR count). The summed E-state index contributed by atoms with van der Waals surface area (Å²) in [5, 5.41) is 1.09. The summed E-state index contributed by atoms with van der Waals surface area (Å²) in [6, 6.07) is 11.6. The zero-order valence-corrected chi connectivity index (χ0v) is 12.9. The first-order valence-corrected chi connectivity index (χ1v) is 7.66. The van der Waals surface area contributed by atoms with Crippen LogP contribution in [-0.4, -0.2) is 23.2 Å². The lowest BCUT2D eigenvalue weighted by atomic mass is 10.3. The highest BCUT2D eigenvalue weighted by Gasteiger charge is 2.10. The molecule has 0 fully saturated rings. The molecule has 0 saturated carbocycles. The number of thiophene rings is 1. The predicted molar refractivity (Wildman–Crippen MR) is 84.6 cm³/mol. The molecular formula is C15H13ClN2O2S. The number of ether oxygens (including phenoxy) is 2. The number of aryl methyl sites for hydroxylation is 1. The Kier molecular flexibility index (Phi) is 4.22. The summed E-state index contributed by atoms with van der Waals surface area (Å²) in [7, 11) is 0. The fourth-order valence-electron chi connectivity index (χ4n) is 1.92. The molecule has 6 heteroatoms. The van der Waals surface area contributed by atoms with Crippen molar-refractivity contribution in [2.24, 2.45) is 0 Å². The Hall–Kier alpha value is -1.85. The number of halogens is 1. The Morgan fingerprint density at radius 2 is 1.86 bits per heavy atom. The fourth-order valence-corrected chi connectivity index (χ4v) is 3.00. The molecule has 4 nitrogen and oxygen atoms in total. The lowest BCUT2D eigenvalue weighted by molar-refractivity contribution is 0.213. The van der Waals surface area contributed by atoms with Gasteiger partial charge >= 0.3 is 0 Å². The number of aromatic nitrogens is 2. The van der Waals surface area contributed by atoms with E-state index in [0.717, 1.165) is 20.8 Å². The first-order valence-electron chi connectivity index (χ1n) is 6.47. The van der Waals surface area contributed by atoms with Crippen molar-refractivity contribution in [1.29, 1.82) is 0 Å². The molecule has 21 heavy (non-hydrogen) atoms. The van der Waals surface area contributed by atoms with Gasteiger partial charge in [-0.15, -0.1) is 11.3 Å². The number of nitrogens with zero attached hydrogens (tertiary/aromatic N) is 2. The maximum atomic E-state index is 5.91. The van der Waals surface area contributed by atoms with E-state index in [4.69, 9.17) is 21.1 Å². The average molecular weight is 321 g/mol. The van der Waals surface area contributed by atoms with Gasteiger partial charge in [0.05, 0.1) is 5.39 Å². The van der Waals surface area contributed by atoms with Gasteiger partial charge in [-0.2, -0.15) is 4.98 Å². The standard InChI is InChI=1S/C15H13ClN2O2S/c1-10-9-12-13(17-15(16)18-14(12)21-10)20-8-7-19-11-5-3-2-4-6-11/h2-6,9H,7-8H2,1H3. The van der Waals surface area contributed by atoms with Gasteiger partial charge in [-0.25, -0.2) is 4.98 Å². The molecule has 3 aromatic rings. The second-order valence-corrected chi connectivity index (χ2v) is 5.96. The molecule has 0 N–H and O–H groups in total. The molecule has 0 unspecified atom stereocenters. The maximum absolute atomic E-state index is 5.91. The third kappa shape index (κ3) is 3.43. The molecule has 0 saturated heterocycles. The molecule has 0 aliphatic heterocycles. The monoisotopic (exact) mass is 320 g/mol. The third-order valence-electron chi connectivity index (χ3n) is 2.79. The minimum absolute atomic E-state index is 0.198. The summed E-state index contributed by atoms with van der Waals surface area (Å²) in [4.78, 5) is 10.3. The molecule has 2 aromatic heterocycles. The van der Waals surface area contributed by atoms with Crippen molar-refractivity contribution in [3.8, 4) is 11.6 Å². The van der Waals surface area contributed by atoms with Crippen molar-refractivity contribution in [3.05, 3.63) is 46.6 Å². The van der Waals surface area contributed by atoms with Crippen LogP contribution in [0.15, 0.2) is 36.4 Å². The number of hydrogen-bond acceptors (Lipinski definition) is 5. The number of rotatable bonds is 5. The van der Waals surface area contributed by atoms with Crippen LogP contribution >= 0.6 is 22.9 Å². The Morgan fingerprint density at radius 1 is 1.10 bits per heavy atom. The zero-order valence-electron chi connectivity index (χ0n) is 11.4. The number of fused-ring (bicyclic) bond motifs is 1. The second-order valence-electron chi connectivity index (χ2n) is 4.38. The summed E-state index contributed by atoms with van der Waals surface area (Å²) in [5.74, 6) is 1.32. The van der Waals surface area contributed by atoms with Gasteiger partial charge in [0.15, 0.2) is 0 Å². The van der Waals surface area contributed by atoms with Crippen LogP contribution in [-0.2, 0) is 0 Å². The quantitative estimate of drug-likeness (QED) is 0.524. The van der Waals surface area contributed by atoms with Crippen molar-refractivity contribution in [1.82, 2.24) is 9.97 Å². The van der Waals surface area contributed by atoms with Gasteiger partial charge in [0.2, 0.25) is 11.2 Å². The molecule has 0 atom stereocenters. The van der Waals surface area contributed by atoms with E-state index in [1.54, 1.807) is 11.3 Å². The predicted octanol–water partition coefficient (Wildman–Crippen LogP) is 4.11. The Labute approximate surface area is 131 Å². The van der Waals surface area contributed by atoms with Crippen LogP contribution in [0.2, 0.25) is 5.28 Å². The first kappa shape index (κ1) is 14.1. The highest BCUT2D eigenvalue weighted by Crippen LogP contribution is 2.30. The van der Waals surface area contributed by atoms with Crippen LogP contribution in [0.5, 0.6) is 11.6 Å². The van der Waals surface area contributed by atoms with E-state index in [-0.39, 0.29) is 5.28 Å². The summed E-state index contributed by atoms with van der Waals surface area (Å²) in [6.45, 7) is 2.85. The van der Waals surface area contributed by atoms with Crippen LogP contribution in [0.3, 0.4) is 0 Å². The summed E-state index contributed by atoms with van der Waals surface area (Å²) in [6.07, 6.45) is 0. The molecule has 2 heterocycles. The van der Waals surface area contributed by atoms with Gasteiger partial charge < -0.3 is 9.47 Å². The molecule has 0 aliphatic rings. The van der Waals surface area contributed by atoms with E-state index < -0.39 is 0 Å². The Bertz CT molecular complexity index is 746. The Balaban J connectivity index is 1.65.